The van der Waals surface area contributed by atoms with E-state index in [1.807, 2.05) is 0 Å². The zero-order valence-corrected chi connectivity index (χ0v) is 8.82. The molecule has 1 aromatic carbocycles. The van der Waals surface area contributed by atoms with Gasteiger partial charge in [0.05, 0.1) is 20.8 Å². The van der Waals surface area contributed by atoms with Crippen LogP contribution in [0.5, 0.6) is 11.5 Å². The number of hydrogen-bond acceptors (Lipinski definition) is 4. The van der Waals surface area contributed by atoms with E-state index in [9.17, 15) is 9.90 Å². The molecule has 0 saturated heterocycles. The van der Waals surface area contributed by atoms with Gasteiger partial charge in [-0.05, 0) is 11.6 Å². The van der Waals surface area contributed by atoms with Gasteiger partial charge in [0, 0.05) is 12.0 Å². The molecule has 4 nitrogen and oxygen atoms in total. The van der Waals surface area contributed by atoms with E-state index in [0.717, 1.165) is 11.8 Å². The van der Waals surface area contributed by atoms with Crippen LogP contribution in [0, 0.1) is 0 Å². The predicted molar refractivity (Wildman–Crippen MR) is 55.2 cm³/mol. The second kappa shape index (κ2) is 5.36. The fourth-order valence-electron chi connectivity index (χ4n) is 1.49. The number of methoxy groups -OCH3 is 2. The summed E-state index contributed by atoms with van der Waals surface area (Å²) in [6, 6.07) is 3.47. The van der Waals surface area contributed by atoms with E-state index in [2.05, 4.69) is 0 Å². The molecule has 0 saturated carbocycles. The number of carbonyl (C=O) groups is 1. The molecule has 0 aliphatic rings. The van der Waals surface area contributed by atoms with Crippen molar-refractivity contribution in [1.29, 1.82) is 0 Å². The number of aldehydes is 1. The number of aliphatic hydroxyl groups is 1. The Morgan fingerprint density at radius 1 is 1.33 bits per heavy atom. The number of carbonyl (C=O) groups excluding carboxylic acids is 1. The average molecular weight is 210 g/mol. The minimum Gasteiger partial charge on any atom is -0.493 e. The Hall–Kier alpha value is -1.55. The van der Waals surface area contributed by atoms with Crippen molar-refractivity contribution in [3.8, 4) is 11.5 Å². The van der Waals surface area contributed by atoms with E-state index in [1.54, 1.807) is 12.1 Å². The van der Waals surface area contributed by atoms with Crippen LogP contribution < -0.4 is 9.47 Å². The van der Waals surface area contributed by atoms with Crippen LogP contribution in [0.4, 0.5) is 0 Å². The van der Waals surface area contributed by atoms with Crippen LogP contribution in [0.15, 0.2) is 12.1 Å². The quantitative estimate of drug-likeness (QED) is 0.735. The molecule has 0 aromatic heterocycles. The Balaban J connectivity index is 3.27. The van der Waals surface area contributed by atoms with Crippen LogP contribution in [0.3, 0.4) is 0 Å². The Bertz CT molecular complexity index is 347. The Labute approximate surface area is 88.4 Å². The largest absolute Gasteiger partial charge is 0.493 e. The van der Waals surface area contributed by atoms with Crippen LogP contribution in [0.1, 0.15) is 11.1 Å². The molecule has 0 unspecified atom stereocenters. The first-order valence-corrected chi connectivity index (χ1v) is 4.55. The van der Waals surface area contributed by atoms with Crippen molar-refractivity contribution < 1.29 is 19.4 Å². The summed E-state index contributed by atoms with van der Waals surface area (Å²) in [7, 11) is 3.03. The molecule has 0 bridgehead atoms. The number of benzene rings is 1. The average Bonchev–Trinajstić information content (AvgIpc) is 2.28. The molecule has 82 valence electrons. The molecule has 0 radical (unpaired) electrons. The van der Waals surface area contributed by atoms with Crippen LogP contribution in [0.25, 0.3) is 0 Å². The first-order valence-electron chi connectivity index (χ1n) is 4.55. The second-order valence-corrected chi connectivity index (χ2v) is 2.97. The highest BCUT2D eigenvalue weighted by atomic mass is 16.5. The van der Waals surface area contributed by atoms with E-state index >= 15 is 0 Å². The van der Waals surface area contributed by atoms with Crippen molar-refractivity contribution >= 4 is 6.29 Å². The Kier molecular flexibility index (Phi) is 4.12. The smallest absolute Gasteiger partial charge is 0.166 e. The van der Waals surface area contributed by atoms with Gasteiger partial charge in [-0.2, -0.15) is 0 Å². The lowest BCUT2D eigenvalue weighted by Crippen LogP contribution is -2.01. The number of aliphatic hydroxyl groups excluding tert-OH is 1. The lowest BCUT2D eigenvalue weighted by Gasteiger charge is -2.14. The van der Waals surface area contributed by atoms with E-state index in [1.165, 1.54) is 14.2 Å². The third-order valence-corrected chi connectivity index (χ3v) is 2.21. The van der Waals surface area contributed by atoms with Gasteiger partial charge in [0.1, 0.15) is 6.29 Å². The molecule has 15 heavy (non-hydrogen) atoms. The van der Waals surface area contributed by atoms with Gasteiger partial charge in [-0.15, -0.1) is 0 Å². The van der Waals surface area contributed by atoms with Gasteiger partial charge < -0.3 is 19.4 Å². The highest BCUT2D eigenvalue weighted by Crippen LogP contribution is 2.33. The van der Waals surface area contributed by atoms with E-state index in [0.29, 0.717) is 17.1 Å². The molecule has 1 N–H and O–H groups in total. The Morgan fingerprint density at radius 2 is 2.07 bits per heavy atom. The zero-order valence-electron chi connectivity index (χ0n) is 8.82. The standard InChI is InChI=1S/C11H14O4/c1-14-10-4-3-8(5-6-12)9(7-13)11(10)15-2/h3-4,6,13H,5,7H2,1-2H3. The number of ether oxygens (including phenoxy) is 2. The van der Waals surface area contributed by atoms with Gasteiger partial charge in [0.2, 0.25) is 0 Å². The maximum absolute atomic E-state index is 10.4. The fraction of sp³-hybridized carbons (Fsp3) is 0.364. The second-order valence-electron chi connectivity index (χ2n) is 2.97. The molecular weight excluding hydrogens is 196 g/mol. The number of rotatable bonds is 5. The molecule has 1 rings (SSSR count). The topological polar surface area (TPSA) is 55.8 Å². The lowest BCUT2D eigenvalue weighted by molar-refractivity contribution is -0.107. The predicted octanol–water partition coefficient (Wildman–Crippen LogP) is 0.938. The van der Waals surface area contributed by atoms with Crippen molar-refractivity contribution in [2.45, 2.75) is 13.0 Å². The van der Waals surface area contributed by atoms with Crippen molar-refractivity contribution in [3.05, 3.63) is 23.3 Å². The fourth-order valence-corrected chi connectivity index (χ4v) is 1.49. The molecule has 0 amide bonds. The van der Waals surface area contributed by atoms with Crippen LogP contribution in [-0.4, -0.2) is 25.6 Å². The summed E-state index contributed by atoms with van der Waals surface area (Å²) in [5.41, 5.74) is 1.36. The lowest BCUT2D eigenvalue weighted by atomic mass is 10.0. The van der Waals surface area contributed by atoms with Gasteiger partial charge >= 0.3 is 0 Å². The third kappa shape index (κ3) is 2.27. The summed E-state index contributed by atoms with van der Waals surface area (Å²) in [5.74, 6) is 1.04. The van der Waals surface area contributed by atoms with Crippen LogP contribution >= 0.6 is 0 Å². The molecule has 0 fully saturated rings. The molecule has 0 atom stereocenters. The molecule has 0 aliphatic carbocycles. The van der Waals surface area contributed by atoms with Crippen LogP contribution in [0.2, 0.25) is 0 Å². The highest BCUT2D eigenvalue weighted by molar-refractivity contribution is 5.60. The Morgan fingerprint density at radius 3 is 2.53 bits per heavy atom. The first-order chi connectivity index (χ1) is 7.28. The van der Waals surface area contributed by atoms with Crippen LogP contribution in [-0.2, 0) is 17.8 Å². The summed E-state index contributed by atoms with van der Waals surface area (Å²) < 4.78 is 10.2. The van der Waals surface area contributed by atoms with E-state index in [-0.39, 0.29) is 13.0 Å². The van der Waals surface area contributed by atoms with E-state index < -0.39 is 0 Å². The summed E-state index contributed by atoms with van der Waals surface area (Å²) in [6.07, 6.45) is 1.05. The summed E-state index contributed by atoms with van der Waals surface area (Å²) in [4.78, 5) is 10.4. The molecule has 0 heterocycles. The molecular formula is C11H14O4. The molecule has 1 aromatic rings. The normalized spacial score (nSPS) is 9.80. The maximum atomic E-state index is 10.4. The van der Waals surface area contributed by atoms with Gasteiger partial charge in [-0.25, -0.2) is 0 Å². The molecule has 0 aliphatic heterocycles. The molecule has 0 spiro atoms. The summed E-state index contributed by atoms with van der Waals surface area (Å²) in [5, 5.41) is 9.23. The summed E-state index contributed by atoms with van der Waals surface area (Å²) >= 11 is 0. The van der Waals surface area contributed by atoms with Gasteiger partial charge in [-0.1, -0.05) is 6.07 Å². The van der Waals surface area contributed by atoms with Crippen molar-refractivity contribution in [2.24, 2.45) is 0 Å². The minimum absolute atomic E-state index is 0.177. The zero-order chi connectivity index (χ0) is 11.3. The van der Waals surface area contributed by atoms with Gasteiger partial charge in [-0.3, -0.25) is 0 Å². The van der Waals surface area contributed by atoms with Crippen molar-refractivity contribution in [2.75, 3.05) is 14.2 Å². The maximum Gasteiger partial charge on any atom is 0.166 e. The molecule has 4 heteroatoms. The first kappa shape index (κ1) is 11.5. The van der Waals surface area contributed by atoms with Crippen molar-refractivity contribution in [3.63, 3.8) is 0 Å². The SMILES string of the molecule is COc1ccc(CC=O)c(CO)c1OC. The number of hydrogen-bond donors (Lipinski definition) is 1. The highest BCUT2D eigenvalue weighted by Gasteiger charge is 2.13. The summed E-state index contributed by atoms with van der Waals surface area (Å²) in [6.45, 7) is -0.177. The van der Waals surface area contributed by atoms with Gasteiger partial charge in [0.15, 0.2) is 11.5 Å². The van der Waals surface area contributed by atoms with Crippen molar-refractivity contribution in [1.82, 2.24) is 0 Å². The monoisotopic (exact) mass is 210 g/mol. The third-order valence-electron chi connectivity index (χ3n) is 2.21. The minimum atomic E-state index is -0.177. The van der Waals surface area contributed by atoms with E-state index in [4.69, 9.17) is 9.47 Å². The van der Waals surface area contributed by atoms with Gasteiger partial charge in [0.25, 0.3) is 0 Å².